The number of amides is 2. The molecule has 1 heterocycles. The molecule has 0 saturated heterocycles. The van der Waals surface area contributed by atoms with Gasteiger partial charge >= 0.3 is 12.1 Å². The minimum absolute atomic E-state index is 0.0310. The lowest BCUT2D eigenvalue weighted by Crippen LogP contribution is -2.35. The van der Waals surface area contributed by atoms with Gasteiger partial charge in [-0.2, -0.15) is 5.10 Å². The molecule has 176 valence electrons. The van der Waals surface area contributed by atoms with Crippen LogP contribution in [0, 0.1) is 0 Å². The first-order chi connectivity index (χ1) is 16.3. The van der Waals surface area contributed by atoms with Crippen LogP contribution in [0.5, 0.6) is 0 Å². The highest BCUT2D eigenvalue weighted by Crippen LogP contribution is 2.44. The monoisotopic (exact) mass is 462 g/mol. The number of carbonyl (C=O) groups excluding carboxylic acids is 2. The fraction of sp³-hybridized carbons (Fsp3) is 0.280. The van der Waals surface area contributed by atoms with Crippen LogP contribution in [0.1, 0.15) is 46.4 Å². The Kier molecular flexibility index (Phi) is 6.62. The van der Waals surface area contributed by atoms with Gasteiger partial charge in [0.05, 0.1) is 30.4 Å². The number of carboxylic acids is 1. The Morgan fingerprint density at radius 1 is 1.09 bits per heavy atom. The average Bonchev–Trinajstić information content (AvgIpc) is 3.33. The molecule has 1 aromatic heterocycles. The van der Waals surface area contributed by atoms with Crippen molar-refractivity contribution < 1.29 is 24.2 Å². The number of hydrogen-bond acceptors (Lipinski definition) is 5. The molecule has 2 aromatic carbocycles. The summed E-state index contributed by atoms with van der Waals surface area (Å²) in [5.41, 5.74) is 5.28. The number of aryl methyl sites for hydroxylation is 1. The number of nitrogens with zero attached hydrogens (tertiary/aromatic N) is 2. The highest BCUT2D eigenvalue weighted by Gasteiger charge is 2.29. The maximum atomic E-state index is 12.5. The van der Waals surface area contributed by atoms with Gasteiger partial charge in [0.15, 0.2) is 0 Å². The zero-order valence-electron chi connectivity index (χ0n) is 18.9. The van der Waals surface area contributed by atoms with Crippen LogP contribution in [-0.4, -0.2) is 45.5 Å². The fourth-order valence-electron chi connectivity index (χ4n) is 4.28. The number of carboxylic acid groups (broad SMARTS) is 1. The third-order valence-electron chi connectivity index (χ3n) is 5.91. The predicted molar refractivity (Wildman–Crippen MR) is 124 cm³/mol. The molecule has 1 aliphatic rings. The maximum Gasteiger partial charge on any atom is 0.407 e. The summed E-state index contributed by atoms with van der Waals surface area (Å²) in [4.78, 5) is 35.9. The lowest BCUT2D eigenvalue weighted by Gasteiger charge is -2.15. The number of fused-ring (bicyclic) bond motifs is 3. The van der Waals surface area contributed by atoms with Crippen molar-refractivity contribution in [2.75, 3.05) is 6.61 Å². The van der Waals surface area contributed by atoms with Gasteiger partial charge < -0.3 is 20.5 Å². The van der Waals surface area contributed by atoms with E-state index in [0.717, 1.165) is 22.3 Å². The van der Waals surface area contributed by atoms with Crippen molar-refractivity contribution in [3.63, 3.8) is 0 Å². The first-order valence-corrected chi connectivity index (χ1v) is 11.0. The number of aromatic nitrogens is 2. The zero-order valence-corrected chi connectivity index (χ0v) is 18.9. The normalized spacial score (nSPS) is 13.0. The smallest absolute Gasteiger partial charge is 0.407 e. The number of carbonyl (C=O) groups is 3. The van der Waals surface area contributed by atoms with Gasteiger partial charge in [0.2, 0.25) is 0 Å². The summed E-state index contributed by atoms with van der Waals surface area (Å²) >= 11 is 0. The lowest BCUT2D eigenvalue weighted by molar-refractivity contribution is -0.137. The summed E-state index contributed by atoms with van der Waals surface area (Å²) in [6.07, 6.45) is 0.588. The van der Waals surface area contributed by atoms with Crippen molar-refractivity contribution in [1.82, 2.24) is 20.4 Å². The van der Waals surface area contributed by atoms with Gasteiger partial charge in [0.25, 0.3) is 5.91 Å². The second kappa shape index (κ2) is 9.78. The number of hydrogen-bond donors (Lipinski definition) is 3. The Hall–Kier alpha value is -4.14. The van der Waals surface area contributed by atoms with Gasteiger partial charge in [-0.15, -0.1) is 0 Å². The van der Waals surface area contributed by atoms with Crippen LogP contribution in [0.3, 0.4) is 0 Å². The van der Waals surface area contributed by atoms with E-state index < -0.39 is 24.0 Å². The highest BCUT2D eigenvalue weighted by atomic mass is 16.5. The van der Waals surface area contributed by atoms with Crippen molar-refractivity contribution >= 4 is 18.0 Å². The molecule has 9 nitrogen and oxygen atoms in total. The predicted octanol–water partition coefficient (Wildman–Crippen LogP) is 3.05. The molecular weight excluding hydrogens is 436 g/mol. The van der Waals surface area contributed by atoms with Gasteiger partial charge in [-0.3, -0.25) is 14.3 Å². The standard InChI is InChI=1S/C25H26N4O5/c1-15(11-23(30)31)28-24(32)20-12-27-29(2)22(20)13-26-25(33)34-14-21-18-9-5-3-7-16(18)17-8-4-6-10-19(17)21/h3-10,12,15,21H,11,13-14H2,1-2H3,(H,26,33)(H,28,32)(H,30,31). The van der Waals surface area contributed by atoms with Gasteiger partial charge in [0.1, 0.15) is 6.61 Å². The molecule has 2 amide bonds. The molecule has 0 aliphatic heterocycles. The number of benzene rings is 2. The largest absolute Gasteiger partial charge is 0.481 e. The Morgan fingerprint density at radius 3 is 2.32 bits per heavy atom. The third-order valence-corrected chi connectivity index (χ3v) is 5.91. The minimum Gasteiger partial charge on any atom is -0.481 e. The van der Waals surface area contributed by atoms with Crippen LogP contribution >= 0.6 is 0 Å². The van der Waals surface area contributed by atoms with Crippen molar-refractivity contribution in [3.8, 4) is 11.1 Å². The molecule has 1 unspecified atom stereocenters. The van der Waals surface area contributed by atoms with E-state index in [2.05, 4.69) is 27.9 Å². The van der Waals surface area contributed by atoms with Gasteiger partial charge in [-0.1, -0.05) is 48.5 Å². The van der Waals surface area contributed by atoms with E-state index >= 15 is 0 Å². The second-order valence-electron chi connectivity index (χ2n) is 8.28. The summed E-state index contributed by atoms with van der Waals surface area (Å²) in [6.45, 7) is 1.82. The number of aliphatic carboxylic acids is 1. The van der Waals surface area contributed by atoms with Crippen LogP contribution in [0.4, 0.5) is 4.79 Å². The fourth-order valence-corrected chi connectivity index (χ4v) is 4.28. The topological polar surface area (TPSA) is 123 Å². The van der Waals surface area contributed by atoms with E-state index in [0.29, 0.717) is 5.69 Å². The van der Waals surface area contributed by atoms with E-state index in [-0.39, 0.29) is 31.1 Å². The molecule has 0 bridgehead atoms. The van der Waals surface area contributed by atoms with Crippen LogP contribution in [0.25, 0.3) is 11.1 Å². The summed E-state index contributed by atoms with van der Waals surface area (Å²) in [7, 11) is 1.66. The Bertz CT molecular complexity index is 1190. The Balaban J connectivity index is 1.37. The molecule has 0 spiro atoms. The van der Waals surface area contributed by atoms with Crippen LogP contribution in [-0.2, 0) is 23.1 Å². The molecule has 0 saturated carbocycles. The average molecular weight is 463 g/mol. The van der Waals surface area contributed by atoms with Crippen molar-refractivity contribution in [2.45, 2.75) is 31.8 Å². The number of alkyl carbamates (subject to hydrolysis) is 1. The Morgan fingerprint density at radius 2 is 1.71 bits per heavy atom. The summed E-state index contributed by atoms with van der Waals surface area (Å²) in [6, 6.07) is 15.6. The first-order valence-electron chi connectivity index (χ1n) is 11.0. The van der Waals surface area contributed by atoms with Crippen LogP contribution < -0.4 is 10.6 Å². The van der Waals surface area contributed by atoms with Gasteiger partial charge in [0, 0.05) is 19.0 Å². The zero-order chi connectivity index (χ0) is 24.2. The van der Waals surface area contributed by atoms with Gasteiger partial charge in [-0.25, -0.2) is 4.79 Å². The molecule has 0 radical (unpaired) electrons. The summed E-state index contributed by atoms with van der Waals surface area (Å²) < 4.78 is 7.03. The summed E-state index contributed by atoms with van der Waals surface area (Å²) in [5.74, 6) is -1.51. The molecule has 3 aromatic rings. The quantitative estimate of drug-likeness (QED) is 0.473. The van der Waals surface area contributed by atoms with E-state index in [1.165, 1.54) is 10.9 Å². The molecule has 1 atom stereocenters. The molecule has 34 heavy (non-hydrogen) atoms. The molecule has 9 heteroatoms. The number of ether oxygens (including phenoxy) is 1. The maximum absolute atomic E-state index is 12.5. The van der Waals surface area contributed by atoms with E-state index in [9.17, 15) is 14.4 Å². The molecule has 3 N–H and O–H groups in total. The van der Waals surface area contributed by atoms with Crippen LogP contribution in [0.15, 0.2) is 54.7 Å². The number of rotatable bonds is 8. The summed E-state index contributed by atoms with van der Waals surface area (Å²) in [5, 5.41) is 18.3. The van der Waals surface area contributed by atoms with Gasteiger partial charge in [-0.05, 0) is 29.2 Å². The molecule has 0 fully saturated rings. The Labute approximate surface area is 196 Å². The highest BCUT2D eigenvalue weighted by molar-refractivity contribution is 5.95. The van der Waals surface area contributed by atoms with E-state index in [4.69, 9.17) is 9.84 Å². The van der Waals surface area contributed by atoms with E-state index in [1.54, 1.807) is 14.0 Å². The molecule has 1 aliphatic carbocycles. The van der Waals surface area contributed by atoms with Crippen molar-refractivity contribution in [1.29, 1.82) is 0 Å². The SMILES string of the molecule is CC(CC(=O)O)NC(=O)c1cnn(C)c1CNC(=O)OCC1c2ccccc2-c2ccccc21. The lowest BCUT2D eigenvalue weighted by atomic mass is 9.98. The third kappa shape index (κ3) is 4.78. The molecular formula is C25H26N4O5. The van der Waals surface area contributed by atoms with Crippen LogP contribution in [0.2, 0.25) is 0 Å². The van der Waals surface area contributed by atoms with Crippen molar-refractivity contribution in [3.05, 3.63) is 77.1 Å². The molecule has 4 rings (SSSR count). The van der Waals surface area contributed by atoms with Crippen molar-refractivity contribution in [2.24, 2.45) is 7.05 Å². The number of nitrogens with one attached hydrogen (secondary N) is 2. The minimum atomic E-state index is -1.00. The second-order valence-corrected chi connectivity index (χ2v) is 8.28. The first kappa shape index (κ1) is 23.0. The van der Waals surface area contributed by atoms with E-state index in [1.807, 2.05) is 36.4 Å².